The number of rotatable bonds is 7. The zero-order valence-corrected chi connectivity index (χ0v) is 17.5. The first-order valence-corrected chi connectivity index (χ1v) is 10.9. The number of ether oxygens (including phenoxy) is 3. The van der Waals surface area contributed by atoms with Crippen LogP contribution in [0.25, 0.3) is 0 Å². The number of halogens is 1. The molecule has 1 atom stereocenters. The molecule has 2 fully saturated rings. The van der Waals surface area contributed by atoms with Crippen LogP contribution in [-0.2, 0) is 21.8 Å². The standard InChI is InChI=1S/C19H25ClN4O3S/c1-25-17-5-4-15(20)11-14(17)13-28-19-22-21-18(23-6-9-26-10-7-23)24(19)12-16-3-2-8-27-16/h4-5,11,16H,2-3,6-10,12-13H2,1H3. The van der Waals surface area contributed by atoms with Gasteiger partial charge in [-0.25, -0.2) is 0 Å². The topological polar surface area (TPSA) is 61.6 Å². The van der Waals surface area contributed by atoms with Gasteiger partial charge in [-0.3, -0.25) is 4.57 Å². The molecule has 1 aromatic heterocycles. The van der Waals surface area contributed by atoms with Crippen molar-refractivity contribution in [2.24, 2.45) is 0 Å². The molecule has 0 spiro atoms. The molecule has 2 saturated heterocycles. The minimum atomic E-state index is 0.218. The summed E-state index contributed by atoms with van der Waals surface area (Å²) in [7, 11) is 1.67. The molecule has 4 rings (SSSR count). The van der Waals surface area contributed by atoms with E-state index in [1.807, 2.05) is 18.2 Å². The van der Waals surface area contributed by atoms with E-state index in [-0.39, 0.29) is 6.10 Å². The van der Waals surface area contributed by atoms with Crippen LogP contribution >= 0.6 is 23.4 Å². The number of thioether (sulfide) groups is 1. The second kappa shape index (κ2) is 9.35. The van der Waals surface area contributed by atoms with Crippen molar-refractivity contribution in [2.45, 2.75) is 36.4 Å². The largest absolute Gasteiger partial charge is 0.496 e. The molecule has 1 unspecified atom stereocenters. The van der Waals surface area contributed by atoms with E-state index in [1.165, 1.54) is 0 Å². The van der Waals surface area contributed by atoms with Crippen LogP contribution in [0.1, 0.15) is 18.4 Å². The number of anilines is 1. The number of benzene rings is 1. The van der Waals surface area contributed by atoms with Crippen LogP contribution in [0.3, 0.4) is 0 Å². The molecule has 2 aliphatic rings. The highest BCUT2D eigenvalue weighted by Gasteiger charge is 2.25. The summed E-state index contributed by atoms with van der Waals surface area (Å²) in [5, 5.41) is 10.6. The molecule has 0 radical (unpaired) electrons. The van der Waals surface area contributed by atoms with Crippen molar-refractivity contribution in [2.75, 3.05) is 44.9 Å². The first-order valence-electron chi connectivity index (χ1n) is 9.57. The summed E-state index contributed by atoms with van der Waals surface area (Å²) in [6, 6.07) is 5.68. The molecule has 28 heavy (non-hydrogen) atoms. The highest BCUT2D eigenvalue weighted by molar-refractivity contribution is 7.98. The SMILES string of the molecule is COc1ccc(Cl)cc1CSc1nnc(N2CCOCC2)n1CC1CCCO1. The lowest BCUT2D eigenvalue weighted by molar-refractivity contribution is 0.0942. The van der Waals surface area contributed by atoms with Crippen LogP contribution in [0.5, 0.6) is 5.75 Å². The Labute approximate surface area is 174 Å². The zero-order valence-electron chi connectivity index (χ0n) is 16.0. The zero-order chi connectivity index (χ0) is 19.3. The van der Waals surface area contributed by atoms with Gasteiger partial charge in [0, 0.05) is 36.0 Å². The maximum Gasteiger partial charge on any atom is 0.228 e. The lowest BCUT2D eigenvalue weighted by Gasteiger charge is -2.28. The van der Waals surface area contributed by atoms with Gasteiger partial charge in [0.15, 0.2) is 5.16 Å². The Hall–Kier alpha value is -1.48. The molecular formula is C19H25ClN4O3S. The third kappa shape index (κ3) is 4.56. The molecule has 2 aliphatic heterocycles. The maximum absolute atomic E-state index is 6.17. The fraction of sp³-hybridized carbons (Fsp3) is 0.579. The fourth-order valence-electron chi connectivity index (χ4n) is 3.54. The van der Waals surface area contributed by atoms with E-state index in [0.29, 0.717) is 10.8 Å². The smallest absolute Gasteiger partial charge is 0.228 e. The Morgan fingerprint density at radius 1 is 1.25 bits per heavy atom. The second-order valence-corrected chi connectivity index (χ2v) is 8.25. The van der Waals surface area contributed by atoms with Crippen molar-refractivity contribution in [1.29, 1.82) is 0 Å². The number of hydrogen-bond acceptors (Lipinski definition) is 7. The number of morpholine rings is 1. The normalized spacial score (nSPS) is 19.9. The molecule has 0 bridgehead atoms. The molecule has 3 heterocycles. The molecule has 0 saturated carbocycles. The Morgan fingerprint density at radius 3 is 2.86 bits per heavy atom. The molecule has 0 aliphatic carbocycles. The second-order valence-electron chi connectivity index (χ2n) is 6.87. The van der Waals surface area contributed by atoms with Gasteiger partial charge < -0.3 is 19.1 Å². The highest BCUT2D eigenvalue weighted by Crippen LogP contribution is 2.31. The van der Waals surface area contributed by atoms with Gasteiger partial charge in [-0.15, -0.1) is 10.2 Å². The Morgan fingerprint density at radius 2 is 2.11 bits per heavy atom. The summed E-state index contributed by atoms with van der Waals surface area (Å²) in [4.78, 5) is 2.25. The molecule has 0 amide bonds. The Balaban J connectivity index is 1.55. The van der Waals surface area contributed by atoms with Crippen molar-refractivity contribution in [3.63, 3.8) is 0 Å². The number of hydrogen-bond donors (Lipinski definition) is 0. The van der Waals surface area contributed by atoms with E-state index >= 15 is 0 Å². The van der Waals surface area contributed by atoms with Crippen LogP contribution in [0.4, 0.5) is 5.95 Å². The molecule has 7 nitrogen and oxygen atoms in total. The average Bonchev–Trinajstić information content (AvgIpc) is 3.38. The highest BCUT2D eigenvalue weighted by atomic mass is 35.5. The van der Waals surface area contributed by atoms with E-state index < -0.39 is 0 Å². The van der Waals surface area contributed by atoms with Gasteiger partial charge in [-0.2, -0.15) is 0 Å². The number of methoxy groups -OCH3 is 1. The van der Waals surface area contributed by atoms with Crippen LogP contribution in [0.2, 0.25) is 5.02 Å². The summed E-state index contributed by atoms with van der Waals surface area (Å²) in [6.07, 6.45) is 2.41. The van der Waals surface area contributed by atoms with Gasteiger partial charge in [0.25, 0.3) is 0 Å². The Kier molecular flexibility index (Phi) is 6.61. The molecule has 152 valence electrons. The first kappa shape index (κ1) is 19.8. The van der Waals surface area contributed by atoms with Gasteiger partial charge in [0.2, 0.25) is 5.95 Å². The van der Waals surface area contributed by atoms with Crippen molar-refractivity contribution in [3.05, 3.63) is 28.8 Å². The number of nitrogens with zero attached hydrogens (tertiary/aromatic N) is 4. The predicted octanol–water partition coefficient (Wildman–Crippen LogP) is 3.25. The third-order valence-corrected chi connectivity index (χ3v) is 6.25. The first-order chi connectivity index (χ1) is 13.7. The molecule has 1 aromatic carbocycles. The molecule has 9 heteroatoms. The van der Waals surface area contributed by atoms with Gasteiger partial charge in [0.1, 0.15) is 5.75 Å². The molecule has 0 N–H and O–H groups in total. The lowest BCUT2D eigenvalue weighted by Crippen LogP contribution is -2.38. The van der Waals surface area contributed by atoms with Gasteiger partial charge in [-0.05, 0) is 31.0 Å². The predicted molar refractivity (Wildman–Crippen MR) is 110 cm³/mol. The van der Waals surface area contributed by atoms with E-state index in [9.17, 15) is 0 Å². The van der Waals surface area contributed by atoms with Gasteiger partial charge in [-0.1, -0.05) is 23.4 Å². The summed E-state index contributed by atoms with van der Waals surface area (Å²) in [6.45, 7) is 4.70. The van der Waals surface area contributed by atoms with Crippen molar-refractivity contribution < 1.29 is 14.2 Å². The minimum absolute atomic E-state index is 0.218. The third-order valence-electron chi connectivity index (χ3n) is 5.00. The van der Waals surface area contributed by atoms with Gasteiger partial charge in [0.05, 0.1) is 33.0 Å². The van der Waals surface area contributed by atoms with Crippen LogP contribution in [-0.4, -0.2) is 60.9 Å². The van der Waals surface area contributed by atoms with Crippen LogP contribution in [0.15, 0.2) is 23.4 Å². The quantitative estimate of drug-likeness (QED) is 0.632. The van der Waals surface area contributed by atoms with E-state index in [1.54, 1.807) is 18.9 Å². The van der Waals surface area contributed by atoms with E-state index in [0.717, 1.165) is 74.7 Å². The van der Waals surface area contributed by atoms with E-state index in [4.69, 9.17) is 25.8 Å². The fourth-order valence-corrected chi connectivity index (χ4v) is 4.65. The Bertz CT molecular complexity index is 791. The number of aromatic nitrogens is 3. The lowest BCUT2D eigenvalue weighted by atomic mass is 10.2. The van der Waals surface area contributed by atoms with E-state index in [2.05, 4.69) is 19.7 Å². The summed E-state index contributed by atoms with van der Waals surface area (Å²) in [5.74, 6) is 2.44. The minimum Gasteiger partial charge on any atom is -0.496 e. The van der Waals surface area contributed by atoms with Crippen LogP contribution in [0, 0.1) is 0 Å². The average molecular weight is 425 g/mol. The van der Waals surface area contributed by atoms with Crippen LogP contribution < -0.4 is 9.64 Å². The monoisotopic (exact) mass is 424 g/mol. The molecule has 2 aromatic rings. The van der Waals surface area contributed by atoms with Gasteiger partial charge >= 0.3 is 0 Å². The maximum atomic E-state index is 6.17. The summed E-state index contributed by atoms with van der Waals surface area (Å²) >= 11 is 7.82. The molecular weight excluding hydrogens is 400 g/mol. The van der Waals surface area contributed by atoms with Crippen molar-refractivity contribution in [3.8, 4) is 5.75 Å². The van der Waals surface area contributed by atoms with Crippen molar-refractivity contribution >= 4 is 29.3 Å². The van der Waals surface area contributed by atoms with Crippen molar-refractivity contribution in [1.82, 2.24) is 14.8 Å². The summed E-state index contributed by atoms with van der Waals surface area (Å²) < 4.78 is 19.0. The summed E-state index contributed by atoms with van der Waals surface area (Å²) in [5.41, 5.74) is 1.04.